The average Bonchev–Trinajstić information content (AvgIpc) is 1.69. The molecule has 2 N–H and O–H groups in total. The Labute approximate surface area is 48.5 Å². The molecule has 0 rings (SSSR count). The van der Waals surface area contributed by atoms with E-state index in [2.05, 4.69) is 5.16 Å². The van der Waals surface area contributed by atoms with Crippen molar-refractivity contribution in [3.63, 3.8) is 0 Å². The number of nitrogens with zero attached hydrogens (tertiary/aromatic N) is 1. The molecule has 0 amide bonds. The highest BCUT2D eigenvalue weighted by Crippen LogP contribution is 1.92. The number of oxime groups is 1. The van der Waals surface area contributed by atoms with Crippen molar-refractivity contribution in [2.24, 2.45) is 11.1 Å². The Hall–Kier alpha value is -0.860. The van der Waals surface area contributed by atoms with Crippen molar-refractivity contribution in [1.82, 2.24) is 0 Å². The predicted octanol–water partition coefficient (Wildman–Crippen LogP) is 1.12. The maximum Gasteiger partial charge on any atom is 0.0995 e. The lowest BCUT2D eigenvalue weighted by atomic mass is 10.1. The van der Waals surface area contributed by atoms with Gasteiger partial charge in [0.05, 0.1) is 5.71 Å². The summed E-state index contributed by atoms with van der Waals surface area (Å²) in [6.07, 6.45) is 1.05. The Kier molecular flexibility index (Phi) is 2.84. The SMILES string of the molecule is CC(C)/C(C=N)=N/O. The van der Waals surface area contributed by atoms with Gasteiger partial charge in [-0.2, -0.15) is 0 Å². The Morgan fingerprint density at radius 1 is 1.75 bits per heavy atom. The molecule has 0 aromatic heterocycles. The molecule has 0 saturated heterocycles. The number of hydrogen-bond acceptors (Lipinski definition) is 3. The third-order valence-corrected chi connectivity index (χ3v) is 0.855. The van der Waals surface area contributed by atoms with E-state index in [4.69, 9.17) is 10.6 Å². The van der Waals surface area contributed by atoms with Crippen LogP contribution in [0.1, 0.15) is 13.8 Å². The molecular formula is C5H10N2O. The van der Waals surface area contributed by atoms with Crippen LogP contribution in [0.25, 0.3) is 0 Å². The molecule has 3 nitrogen and oxygen atoms in total. The van der Waals surface area contributed by atoms with Gasteiger partial charge in [-0.1, -0.05) is 19.0 Å². The molecule has 0 aromatic rings. The highest BCUT2D eigenvalue weighted by molar-refractivity contribution is 6.29. The van der Waals surface area contributed by atoms with Crippen LogP contribution >= 0.6 is 0 Å². The minimum absolute atomic E-state index is 0.137. The average molecular weight is 114 g/mol. The first-order valence-electron chi connectivity index (χ1n) is 2.44. The zero-order valence-electron chi connectivity index (χ0n) is 5.05. The summed E-state index contributed by atoms with van der Waals surface area (Å²) in [6.45, 7) is 3.72. The Morgan fingerprint density at radius 2 is 2.25 bits per heavy atom. The van der Waals surface area contributed by atoms with Crippen molar-refractivity contribution >= 4 is 11.9 Å². The zero-order chi connectivity index (χ0) is 6.57. The lowest BCUT2D eigenvalue weighted by Gasteiger charge is -1.97. The van der Waals surface area contributed by atoms with Crippen LogP contribution in [-0.4, -0.2) is 17.1 Å². The molecule has 0 heterocycles. The van der Waals surface area contributed by atoms with Crippen LogP contribution in [0, 0.1) is 11.3 Å². The summed E-state index contributed by atoms with van der Waals surface area (Å²) in [6, 6.07) is 0. The van der Waals surface area contributed by atoms with Gasteiger partial charge < -0.3 is 10.6 Å². The molecular weight excluding hydrogens is 104 g/mol. The summed E-state index contributed by atoms with van der Waals surface area (Å²) in [5, 5.41) is 17.7. The molecule has 0 saturated carbocycles. The molecule has 0 bridgehead atoms. The van der Waals surface area contributed by atoms with Gasteiger partial charge >= 0.3 is 0 Å². The van der Waals surface area contributed by atoms with Crippen LogP contribution in [-0.2, 0) is 0 Å². The van der Waals surface area contributed by atoms with Gasteiger partial charge in [-0.3, -0.25) is 0 Å². The van der Waals surface area contributed by atoms with Gasteiger partial charge in [0.15, 0.2) is 0 Å². The van der Waals surface area contributed by atoms with Crippen LogP contribution in [0.3, 0.4) is 0 Å². The minimum atomic E-state index is 0.137. The molecule has 0 radical (unpaired) electrons. The molecule has 0 aliphatic carbocycles. The maximum atomic E-state index is 8.13. The van der Waals surface area contributed by atoms with Crippen molar-refractivity contribution in [3.8, 4) is 0 Å². The van der Waals surface area contributed by atoms with Crippen LogP contribution < -0.4 is 0 Å². The first-order valence-corrected chi connectivity index (χ1v) is 2.44. The van der Waals surface area contributed by atoms with E-state index >= 15 is 0 Å². The monoisotopic (exact) mass is 114 g/mol. The highest BCUT2D eigenvalue weighted by atomic mass is 16.4. The van der Waals surface area contributed by atoms with E-state index in [0.717, 1.165) is 6.21 Å². The first-order chi connectivity index (χ1) is 3.72. The standard InChI is InChI=1S/C5H10N2O/c1-4(2)5(3-6)7-8/h3-4,6,8H,1-2H3/b6-3?,7-5+. The minimum Gasteiger partial charge on any atom is -0.411 e. The molecule has 0 aliphatic rings. The van der Waals surface area contributed by atoms with E-state index in [1.807, 2.05) is 13.8 Å². The molecule has 0 spiro atoms. The van der Waals surface area contributed by atoms with Gasteiger partial charge in [0, 0.05) is 12.1 Å². The van der Waals surface area contributed by atoms with E-state index in [-0.39, 0.29) is 5.92 Å². The van der Waals surface area contributed by atoms with Crippen LogP contribution in [0.15, 0.2) is 5.16 Å². The second kappa shape index (κ2) is 3.18. The number of nitrogens with one attached hydrogen (secondary N) is 1. The van der Waals surface area contributed by atoms with E-state index in [0.29, 0.717) is 5.71 Å². The van der Waals surface area contributed by atoms with E-state index in [9.17, 15) is 0 Å². The molecule has 3 heteroatoms. The van der Waals surface area contributed by atoms with Crippen molar-refractivity contribution < 1.29 is 5.21 Å². The zero-order valence-corrected chi connectivity index (χ0v) is 5.05. The van der Waals surface area contributed by atoms with Crippen molar-refractivity contribution in [2.75, 3.05) is 0 Å². The number of hydrogen-bond donors (Lipinski definition) is 2. The molecule has 0 fully saturated rings. The van der Waals surface area contributed by atoms with Gasteiger partial charge in [-0.05, 0) is 0 Å². The van der Waals surface area contributed by atoms with E-state index < -0.39 is 0 Å². The third-order valence-electron chi connectivity index (χ3n) is 0.855. The predicted molar refractivity (Wildman–Crippen MR) is 32.8 cm³/mol. The Morgan fingerprint density at radius 3 is 2.25 bits per heavy atom. The quantitative estimate of drug-likeness (QED) is 0.315. The number of rotatable bonds is 2. The van der Waals surface area contributed by atoms with Crippen LogP contribution in [0.4, 0.5) is 0 Å². The summed E-state index contributed by atoms with van der Waals surface area (Å²) >= 11 is 0. The van der Waals surface area contributed by atoms with Gasteiger partial charge in [0.25, 0.3) is 0 Å². The topological polar surface area (TPSA) is 56.4 Å². The second-order valence-corrected chi connectivity index (χ2v) is 1.82. The first kappa shape index (κ1) is 7.14. The Balaban J connectivity index is 3.91. The summed E-state index contributed by atoms with van der Waals surface area (Å²) < 4.78 is 0. The highest BCUT2D eigenvalue weighted by Gasteiger charge is 1.99. The smallest absolute Gasteiger partial charge is 0.0995 e. The maximum absolute atomic E-state index is 8.13. The van der Waals surface area contributed by atoms with E-state index in [1.165, 1.54) is 0 Å². The summed E-state index contributed by atoms with van der Waals surface area (Å²) in [4.78, 5) is 0. The largest absolute Gasteiger partial charge is 0.411 e. The molecule has 0 aromatic carbocycles. The fraction of sp³-hybridized carbons (Fsp3) is 0.600. The van der Waals surface area contributed by atoms with Gasteiger partial charge in [-0.15, -0.1) is 0 Å². The molecule has 46 valence electrons. The normalized spacial score (nSPS) is 12.1. The molecule has 0 unspecified atom stereocenters. The van der Waals surface area contributed by atoms with Gasteiger partial charge in [-0.25, -0.2) is 0 Å². The Bertz CT molecular complexity index is 107. The third kappa shape index (κ3) is 1.73. The van der Waals surface area contributed by atoms with E-state index in [1.54, 1.807) is 0 Å². The summed E-state index contributed by atoms with van der Waals surface area (Å²) in [5.74, 6) is 0.137. The lowest BCUT2D eigenvalue weighted by molar-refractivity contribution is 0.317. The molecule has 0 aliphatic heterocycles. The van der Waals surface area contributed by atoms with Crippen molar-refractivity contribution in [1.29, 1.82) is 5.41 Å². The van der Waals surface area contributed by atoms with Crippen molar-refractivity contribution in [3.05, 3.63) is 0 Å². The summed E-state index contributed by atoms with van der Waals surface area (Å²) in [5.41, 5.74) is 0.407. The fourth-order valence-electron chi connectivity index (χ4n) is 0.311. The second-order valence-electron chi connectivity index (χ2n) is 1.82. The lowest BCUT2D eigenvalue weighted by Crippen LogP contribution is -2.07. The summed E-state index contributed by atoms with van der Waals surface area (Å²) in [7, 11) is 0. The van der Waals surface area contributed by atoms with Crippen LogP contribution in [0.5, 0.6) is 0 Å². The molecule has 8 heavy (non-hydrogen) atoms. The molecule has 0 atom stereocenters. The van der Waals surface area contributed by atoms with Gasteiger partial charge in [0.2, 0.25) is 0 Å². The van der Waals surface area contributed by atoms with Crippen LogP contribution in [0.2, 0.25) is 0 Å². The van der Waals surface area contributed by atoms with Gasteiger partial charge in [0.1, 0.15) is 0 Å². The fourth-order valence-corrected chi connectivity index (χ4v) is 0.311. The van der Waals surface area contributed by atoms with Crippen molar-refractivity contribution in [2.45, 2.75) is 13.8 Å².